The molecule has 0 aliphatic heterocycles. The lowest BCUT2D eigenvalue weighted by Gasteiger charge is -2.13. The number of nitrogens with zero attached hydrogens (tertiary/aromatic N) is 2. The van der Waals surface area contributed by atoms with Crippen LogP contribution in [0.3, 0.4) is 0 Å². The number of imidazole rings is 1. The molecule has 0 aliphatic rings. The Morgan fingerprint density at radius 2 is 1.59 bits per heavy atom. The molecule has 6 heteroatoms. The van der Waals surface area contributed by atoms with Crippen molar-refractivity contribution in [2.45, 2.75) is 31.3 Å². The van der Waals surface area contributed by atoms with Crippen molar-refractivity contribution in [3.63, 3.8) is 0 Å². The van der Waals surface area contributed by atoms with Crippen LogP contribution in [0.1, 0.15) is 25.1 Å². The van der Waals surface area contributed by atoms with Crippen LogP contribution in [0.4, 0.5) is 0 Å². The maximum atomic E-state index is 11.9. The Balaban J connectivity index is 1.80. The van der Waals surface area contributed by atoms with Crippen molar-refractivity contribution < 1.29 is 13.5 Å². The first-order valence-electron chi connectivity index (χ1n) is 10.3. The van der Waals surface area contributed by atoms with Crippen LogP contribution in [0.5, 0.6) is 0 Å². The second-order valence-electron chi connectivity index (χ2n) is 8.54. The maximum Gasteiger partial charge on any atom is 0.175 e. The third-order valence-electron chi connectivity index (χ3n) is 5.46. The van der Waals surface area contributed by atoms with E-state index < -0.39 is 15.4 Å². The van der Waals surface area contributed by atoms with E-state index in [4.69, 9.17) is 4.98 Å². The van der Waals surface area contributed by atoms with Crippen molar-refractivity contribution in [1.29, 1.82) is 0 Å². The van der Waals surface area contributed by atoms with E-state index in [9.17, 15) is 13.5 Å². The Labute approximate surface area is 188 Å². The van der Waals surface area contributed by atoms with Gasteiger partial charge in [0.25, 0.3) is 0 Å². The molecule has 0 bridgehead atoms. The monoisotopic (exact) mass is 446 g/mol. The number of benzene rings is 3. The average molecular weight is 447 g/mol. The smallest absolute Gasteiger partial charge is 0.175 e. The van der Waals surface area contributed by atoms with Gasteiger partial charge in [0.2, 0.25) is 0 Å². The molecular formula is C26H26N2O3S. The molecule has 32 heavy (non-hydrogen) atoms. The SMILES string of the molecule is Cc1ccccc1-c1nc(C(C)(C)O)cn1-c1ccc(-c2cccc(S(C)(=O)=O)c2)cc1. The van der Waals surface area contributed by atoms with E-state index in [1.807, 2.05) is 72.3 Å². The molecule has 4 rings (SSSR count). The summed E-state index contributed by atoms with van der Waals surface area (Å²) in [6, 6.07) is 22.8. The summed E-state index contributed by atoms with van der Waals surface area (Å²) < 4.78 is 25.8. The van der Waals surface area contributed by atoms with E-state index >= 15 is 0 Å². The van der Waals surface area contributed by atoms with Crippen molar-refractivity contribution in [3.8, 4) is 28.2 Å². The van der Waals surface area contributed by atoms with Gasteiger partial charge in [-0.1, -0.05) is 48.5 Å². The fraction of sp³-hybridized carbons (Fsp3) is 0.192. The van der Waals surface area contributed by atoms with Crippen LogP contribution < -0.4 is 0 Å². The highest BCUT2D eigenvalue weighted by molar-refractivity contribution is 7.90. The van der Waals surface area contributed by atoms with Gasteiger partial charge >= 0.3 is 0 Å². The predicted octanol–water partition coefficient (Wildman–Crippen LogP) is 5.15. The van der Waals surface area contributed by atoms with Crippen LogP contribution in [0.2, 0.25) is 0 Å². The van der Waals surface area contributed by atoms with Crippen molar-refractivity contribution in [3.05, 3.63) is 90.3 Å². The minimum absolute atomic E-state index is 0.297. The van der Waals surface area contributed by atoms with E-state index in [1.54, 1.807) is 32.0 Å². The largest absolute Gasteiger partial charge is 0.384 e. The first-order valence-corrected chi connectivity index (χ1v) is 12.2. The normalized spacial score (nSPS) is 12.2. The standard InChI is InChI=1S/C26H26N2O3S/c1-18-8-5-6-11-23(18)25-27-24(26(2,3)29)17-28(25)21-14-12-19(13-15-21)20-9-7-10-22(16-20)32(4,30)31/h5-17,29H,1-4H3. The summed E-state index contributed by atoms with van der Waals surface area (Å²) in [5, 5.41) is 10.5. The summed E-state index contributed by atoms with van der Waals surface area (Å²) in [6.45, 7) is 5.48. The molecular weight excluding hydrogens is 420 g/mol. The number of sulfone groups is 1. The molecule has 3 aromatic carbocycles. The molecule has 0 atom stereocenters. The summed E-state index contributed by atoms with van der Waals surface area (Å²) in [6.07, 6.45) is 3.07. The fourth-order valence-electron chi connectivity index (χ4n) is 3.61. The van der Waals surface area contributed by atoms with Crippen LogP contribution in [0, 0.1) is 6.92 Å². The second-order valence-corrected chi connectivity index (χ2v) is 10.6. The molecule has 0 aliphatic carbocycles. The van der Waals surface area contributed by atoms with Crippen molar-refractivity contribution >= 4 is 9.84 Å². The molecule has 0 spiro atoms. The van der Waals surface area contributed by atoms with Gasteiger partial charge in [-0.05, 0) is 61.7 Å². The van der Waals surface area contributed by atoms with E-state index in [2.05, 4.69) is 0 Å². The average Bonchev–Trinajstić information content (AvgIpc) is 3.19. The number of aromatic nitrogens is 2. The Hall–Kier alpha value is -3.22. The minimum Gasteiger partial charge on any atom is -0.384 e. The lowest BCUT2D eigenvalue weighted by atomic mass is 10.1. The molecule has 0 unspecified atom stereocenters. The molecule has 0 fully saturated rings. The molecule has 0 amide bonds. The molecule has 0 saturated carbocycles. The van der Waals surface area contributed by atoms with Crippen LogP contribution >= 0.6 is 0 Å². The first-order chi connectivity index (χ1) is 15.0. The summed E-state index contributed by atoms with van der Waals surface area (Å²) in [7, 11) is -3.27. The van der Waals surface area contributed by atoms with Gasteiger partial charge in [-0.2, -0.15) is 0 Å². The highest BCUT2D eigenvalue weighted by atomic mass is 32.2. The summed E-state index contributed by atoms with van der Waals surface area (Å²) in [5.74, 6) is 0.757. The lowest BCUT2D eigenvalue weighted by molar-refractivity contribution is 0.0743. The lowest BCUT2D eigenvalue weighted by Crippen LogP contribution is -2.15. The Kier molecular flexibility index (Phi) is 5.53. The third-order valence-corrected chi connectivity index (χ3v) is 6.57. The summed E-state index contributed by atoms with van der Waals surface area (Å²) >= 11 is 0. The van der Waals surface area contributed by atoms with Gasteiger partial charge in [-0.3, -0.25) is 4.57 Å². The fourth-order valence-corrected chi connectivity index (χ4v) is 4.27. The number of hydrogen-bond acceptors (Lipinski definition) is 4. The zero-order chi connectivity index (χ0) is 23.1. The molecule has 1 aromatic heterocycles. The molecule has 164 valence electrons. The molecule has 4 aromatic rings. The summed E-state index contributed by atoms with van der Waals surface area (Å²) in [5.41, 5.74) is 4.24. The van der Waals surface area contributed by atoms with Crippen LogP contribution in [0.25, 0.3) is 28.2 Å². The van der Waals surface area contributed by atoms with Gasteiger partial charge in [0, 0.05) is 23.7 Å². The number of aryl methyl sites for hydroxylation is 1. The highest BCUT2D eigenvalue weighted by Gasteiger charge is 2.23. The van der Waals surface area contributed by atoms with E-state index in [0.29, 0.717) is 10.6 Å². The zero-order valence-corrected chi connectivity index (χ0v) is 19.4. The maximum absolute atomic E-state index is 11.9. The third kappa shape index (κ3) is 4.38. The van der Waals surface area contributed by atoms with Crippen LogP contribution in [-0.2, 0) is 15.4 Å². The topological polar surface area (TPSA) is 72.2 Å². The quantitative estimate of drug-likeness (QED) is 0.460. The van der Waals surface area contributed by atoms with Crippen molar-refractivity contribution in [2.75, 3.05) is 6.26 Å². The van der Waals surface area contributed by atoms with Gasteiger partial charge in [0.15, 0.2) is 9.84 Å². The van der Waals surface area contributed by atoms with Crippen molar-refractivity contribution in [1.82, 2.24) is 9.55 Å². The Morgan fingerprint density at radius 1 is 0.906 bits per heavy atom. The van der Waals surface area contributed by atoms with Gasteiger partial charge in [-0.15, -0.1) is 0 Å². The summed E-state index contributed by atoms with van der Waals surface area (Å²) in [4.78, 5) is 5.05. The molecule has 0 saturated heterocycles. The van der Waals surface area contributed by atoms with Gasteiger partial charge in [-0.25, -0.2) is 13.4 Å². The van der Waals surface area contributed by atoms with E-state index in [0.717, 1.165) is 33.8 Å². The highest BCUT2D eigenvalue weighted by Crippen LogP contribution is 2.31. The molecule has 1 N–H and O–H groups in total. The Bertz CT molecular complexity index is 1380. The Morgan fingerprint density at radius 3 is 2.22 bits per heavy atom. The number of hydrogen-bond donors (Lipinski definition) is 1. The molecule has 5 nitrogen and oxygen atoms in total. The van der Waals surface area contributed by atoms with Gasteiger partial charge in [0.05, 0.1) is 10.6 Å². The molecule has 1 heterocycles. The second kappa shape index (κ2) is 8.04. The minimum atomic E-state index is -3.27. The van der Waals surface area contributed by atoms with E-state index in [-0.39, 0.29) is 0 Å². The number of aliphatic hydroxyl groups is 1. The molecule has 0 radical (unpaired) electrons. The van der Waals surface area contributed by atoms with Crippen LogP contribution in [0.15, 0.2) is 83.9 Å². The van der Waals surface area contributed by atoms with Gasteiger partial charge in [0.1, 0.15) is 11.4 Å². The predicted molar refractivity (Wildman–Crippen MR) is 128 cm³/mol. The first kappa shape index (κ1) is 22.0. The zero-order valence-electron chi connectivity index (χ0n) is 18.6. The number of rotatable bonds is 5. The van der Waals surface area contributed by atoms with E-state index in [1.165, 1.54) is 6.26 Å². The van der Waals surface area contributed by atoms with Crippen molar-refractivity contribution in [2.24, 2.45) is 0 Å². The van der Waals surface area contributed by atoms with Crippen LogP contribution in [-0.4, -0.2) is 29.3 Å². The van der Waals surface area contributed by atoms with Gasteiger partial charge < -0.3 is 5.11 Å².